The van der Waals surface area contributed by atoms with Crippen LogP contribution in [0.25, 0.3) is 0 Å². The lowest BCUT2D eigenvalue weighted by Crippen LogP contribution is -2.41. The van der Waals surface area contributed by atoms with Crippen molar-refractivity contribution in [2.75, 3.05) is 46.9 Å². The van der Waals surface area contributed by atoms with Crippen LogP contribution in [0, 0.1) is 0 Å². The summed E-state index contributed by atoms with van der Waals surface area (Å²) in [5.41, 5.74) is 0. The summed E-state index contributed by atoms with van der Waals surface area (Å²) >= 11 is 0. The Kier molecular flexibility index (Phi) is 7.20. The van der Waals surface area contributed by atoms with Gasteiger partial charge in [0.1, 0.15) is 6.61 Å². The Morgan fingerprint density at radius 3 is 2.47 bits per heavy atom. The molecule has 1 fully saturated rings. The van der Waals surface area contributed by atoms with Gasteiger partial charge in [-0.05, 0) is 25.9 Å². The number of amides is 3. The zero-order chi connectivity index (χ0) is 14.1. The van der Waals surface area contributed by atoms with Crippen LogP contribution in [0.3, 0.4) is 0 Å². The zero-order valence-corrected chi connectivity index (χ0v) is 11.7. The van der Waals surface area contributed by atoms with Crippen LogP contribution < -0.4 is 16.0 Å². The van der Waals surface area contributed by atoms with E-state index in [1.807, 2.05) is 0 Å². The SMILES string of the molecule is CN(C)C(=O)NCCNC(=O)COC1CCNCC1. The predicted octanol–water partition coefficient (Wildman–Crippen LogP) is -0.858. The van der Waals surface area contributed by atoms with Gasteiger partial charge < -0.3 is 25.6 Å². The Balaban J connectivity index is 2.00. The number of nitrogens with one attached hydrogen (secondary N) is 3. The second-order valence-electron chi connectivity index (χ2n) is 4.74. The standard InChI is InChI=1S/C12H24N4O3/c1-16(2)12(18)15-8-7-14-11(17)9-19-10-3-5-13-6-4-10/h10,13H,3-9H2,1-2H3,(H,14,17)(H,15,18). The van der Waals surface area contributed by atoms with E-state index >= 15 is 0 Å². The van der Waals surface area contributed by atoms with Crippen molar-refractivity contribution in [3.63, 3.8) is 0 Å². The second-order valence-corrected chi connectivity index (χ2v) is 4.74. The Morgan fingerprint density at radius 1 is 1.21 bits per heavy atom. The van der Waals surface area contributed by atoms with Crippen LogP contribution in [0.5, 0.6) is 0 Å². The van der Waals surface area contributed by atoms with E-state index in [0.717, 1.165) is 25.9 Å². The Morgan fingerprint density at radius 2 is 1.84 bits per heavy atom. The summed E-state index contributed by atoms with van der Waals surface area (Å²) in [4.78, 5) is 24.1. The summed E-state index contributed by atoms with van der Waals surface area (Å²) < 4.78 is 5.51. The summed E-state index contributed by atoms with van der Waals surface area (Å²) in [6.45, 7) is 2.81. The number of carbonyl (C=O) groups excluding carboxylic acids is 2. The minimum absolute atomic E-state index is 0.0896. The van der Waals surface area contributed by atoms with Gasteiger partial charge in [-0.25, -0.2) is 4.79 Å². The molecule has 3 amide bonds. The van der Waals surface area contributed by atoms with Gasteiger partial charge in [0.05, 0.1) is 6.10 Å². The van der Waals surface area contributed by atoms with Gasteiger partial charge in [0.25, 0.3) is 0 Å². The first-order valence-corrected chi connectivity index (χ1v) is 6.63. The summed E-state index contributed by atoms with van der Waals surface area (Å²) in [6.07, 6.45) is 2.08. The first-order valence-electron chi connectivity index (χ1n) is 6.63. The van der Waals surface area contributed by atoms with Crippen molar-refractivity contribution in [1.29, 1.82) is 0 Å². The number of carbonyl (C=O) groups is 2. The van der Waals surface area contributed by atoms with Crippen LogP contribution in [-0.2, 0) is 9.53 Å². The van der Waals surface area contributed by atoms with Crippen molar-refractivity contribution in [3.05, 3.63) is 0 Å². The summed E-state index contributed by atoms with van der Waals surface area (Å²) in [6, 6.07) is -0.166. The molecule has 110 valence electrons. The molecule has 0 aromatic heterocycles. The fourth-order valence-electron chi connectivity index (χ4n) is 1.74. The lowest BCUT2D eigenvalue weighted by Gasteiger charge is -2.22. The lowest BCUT2D eigenvalue weighted by molar-refractivity contribution is -0.128. The van der Waals surface area contributed by atoms with Gasteiger partial charge in [-0.3, -0.25) is 4.79 Å². The number of ether oxygens (including phenoxy) is 1. The van der Waals surface area contributed by atoms with E-state index in [2.05, 4.69) is 16.0 Å². The molecule has 0 unspecified atom stereocenters. The van der Waals surface area contributed by atoms with Crippen molar-refractivity contribution in [2.45, 2.75) is 18.9 Å². The van der Waals surface area contributed by atoms with Crippen molar-refractivity contribution >= 4 is 11.9 Å². The van der Waals surface area contributed by atoms with Gasteiger partial charge in [-0.15, -0.1) is 0 Å². The monoisotopic (exact) mass is 272 g/mol. The van der Waals surface area contributed by atoms with E-state index in [4.69, 9.17) is 4.74 Å². The quantitative estimate of drug-likeness (QED) is 0.550. The van der Waals surface area contributed by atoms with Crippen molar-refractivity contribution in [1.82, 2.24) is 20.9 Å². The number of nitrogens with zero attached hydrogens (tertiary/aromatic N) is 1. The molecule has 1 aliphatic heterocycles. The molecule has 0 aliphatic carbocycles. The van der Waals surface area contributed by atoms with Gasteiger partial charge in [0.15, 0.2) is 0 Å². The van der Waals surface area contributed by atoms with E-state index in [9.17, 15) is 9.59 Å². The number of hydrogen-bond donors (Lipinski definition) is 3. The van der Waals surface area contributed by atoms with Crippen LogP contribution in [0.15, 0.2) is 0 Å². The Bertz CT molecular complexity index is 291. The van der Waals surface area contributed by atoms with Gasteiger partial charge in [0.2, 0.25) is 5.91 Å². The highest BCUT2D eigenvalue weighted by atomic mass is 16.5. The third-order valence-corrected chi connectivity index (χ3v) is 2.87. The smallest absolute Gasteiger partial charge is 0.316 e. The number of rotatable bonds is 6. The third kappa shape index (κ3) is 6.97. The maximum absolute atomic E-state index is 11.5. The van der Waals surface area contributed by atoms with Crippen molar-refractivity contribution in [2.24, 2.45) is 0 Å². The molecule has 0 spiro atoms. The molecule has 19 heavy (non-hydrogen) atoms. The molecular formula is C12H24N4O3. The summed E-state index contributed by atoms with van der Waals surface area (Å²) in [5, 5.41) is 8.61. The molecule has 0 radical (unpaired) electrons. The number of urea groups is 1. The average molecular weight is 272 g/mol. The summed E-state index contributed by atoms with van der Waals surface area (Å²) in [5.74, 6) is -0.141. The minimum atomic E-state index is -0.166. The van der Waals surface area contributed by atoms with E-state index in [1.54, 1.807) is 14.1 Å². The zero-order valence-electron chi connectivity index (χ0n) is 11.7. The maximum atomic E-state index is 11.5. The van der Waals surface area contributed by atoms with Crippen LogP contribution in [0.2, 0.25) is 0 Å². The van der Waals surface area contributed by atoms with E-state index in [1.165, 1.54) is 4.90 Å². The van der Waals surface area contributed by atoms with Gasteiger partial charge in [0, 0.05) is 27.2 Å². The molecular weight excluding hydrogens is 248 g/mol. The fourth-order valence-corrected chi connectivity index (χ4v) is 1.74. The normalized spacial score (nSPS) is 15.9. The summed E-state index contributed by atoms with van der Waals surface area (Å²) in [7, 11) is 3.33. The highest BCUT2D eigenvalue weighted by Crippen LogP contribution is 2.06. The molecule has 7 heteroatoms. The van der Waals surface area contributed by atoms with E-state index < -0.39 is 0 Å². The minimum Gasteiger partial charge on any atom is -0.368 e. The molecule has 0 aromatic rings. The number of hydrogen-bond acceptors (Lipinski definition) is 4. The molecule has 0 atom stereocenters. The molecule has 0 aromatic carbocycles. The van der Waals surface area contributed by atoms with Crippen LogP contribution in [0.1, 0.15) is 12.8 Å². The molecule has 1 saturated heterocycles. The number of piperidine rings is 1. The highest BCUT2D eigenvalue weighted by Gasteiger charge is 2.14. The molecule has 3 N–H and O–H groups in total. The van der Waals surface area contributed by atoms with Gasteiger partial charge in [-0.1, -0.05) is 0 Å². The maximum Gasteiger partial charge on any atom is 0.316 e. The molecule has 1 aliphatic rings. The largest absolute Gasteiger partial charge is 0.368 e. The van der Waals surface area contributed by atoms with Gasteiger partial charge in [-0.2, -0.15) is 0 Å². The van der Waals surface area contributed by atoms with Gasteiger partial charge >= 0.3 is 6.03 Å². The molecule has 0 saturated carbocycles. The predicted molar refractivity (Wildman–Crippen MR) is 71.9 cm³/mol. The third-order valence-electron chi connectivity index (χ3n) is 2.87. The second kappa shape index (κ2) is 8.71. The van der Waals surface area contributed by atoms with Crippen LogP contribution >= 0.6 is 0 Å². The molecule has 7 nitrogen and oxygen atoms in total. The fraction of sp³-hybridized carbons (Fsp3) is 0.833. The Hall–Kier alpha value is -1.34. The first-order chi connectivity index (χ1) is 9.09. The van der Waals surface area contributed by atoms with Crippen molar-refractivity contribution in [3.8, 4) is 0 Å². The molecule has 1 rings (SSSR count). The highest BCUT2D eigenvalue weighted by molar-refractivity contribution is 5.77. The molecule has 0 bridgehead atoms. The lowest BCUT2D eigenvalue weighted by atomic mass is 10.1. The Labute approximate surface area is 114 Å². The van der Waals surface area contributed by atoms with E-state index in [-0.39, 0.29) is 24.6 Å². The van der Waals surface area contributed by atoms with Crippen LogP contribution in [-0.4, -0.2) is 69.8 Å². The average Bonchev–Trinajstić information content (AvgIpc) is 2.42. The van der Waals surface area contributed by atoms with Crippen LogP contribution in [0.4, 0.5) is 4.79 Å². The molecule has 1 heterocycles. The first kappa shape index (κ1) is 15.7. The topological polar surface area (TPSA) is 82.7 Å². The van der Waals surface area contributed by atoms with E-state index in [0.29, 0.717) is 13.1 Å². The van der Waals surface area contributed by atoms with Crippen molar-refractivity contribution < 1.29 is 14.3 Å².